The van der Waals surface area contributed by atoms with Crippen molar-refractivity contribution in [1.82, 2.24) is 10.2 Å². The molecule has 1 aromatic rings. The average molecular weight is 274 g/mol. The quantitative estimate of drug-likeness (QED) is 0.903. The van der Waals surface area contributed by atoms with Crippen LogP contribution in [0.4, 0.5) is 0 Å². The maximum atomic E-state index is 3.34. The van der Waals surface area contributed by atoms with Gasteiger partial charge < -0.3 is 5.32 Å². The fourth-order valence-corrected chi connectivity index (χ4v) is 3.08. The average Bonchev–Trinajstić information content (AvgIpc) is 2.41. The van der Waals surface area contributed by atoms with Gasteiger partial charge in [0.15, 0.2) is 0 Å². The van der Waals surface area contributed by atoms with Gasteiger partial charge in [-0.15, -0.1) is 0 Å². The van der Waals surface area contributed by atoms with Crippen LogP contribution < -0.4 is 5.32 Å². The van der Waals surface area contributed by atoms with Crippen molar-refractivity contribution in [2.24, 2.45) is 0 Å². The van der Waals surface area contributed by atoms with Crippen molar-refractivity contribution in [3.63, 3.8) is 0 Å². The number of likely N-dealkylation sites (tertiary alicyclic amines) is 1. The van der Waals surface area contributed by atoms with Crippen molar-refractivity contribution < 1.29 is 0 Å². The van der Waals surface area contributed by atoms with Crippen molar-refractivity contribution in [1.29, 1.82) is 0 Å². The lowest BCUT2D eigenvalue weighted by Gasteiger charge is -2.35. The summed E-state index contributed by atoms with van der Waals surface area (Å²) in [5, 5.41) is 3.34. The molecule has 1 heterocycles. The van der Waals surface area contributed by atoms with Crippen LogP contribution in [-0.4, -0.2) is 31.1 Å². The summed E-state index contributed by atoms with van der Waals surface area (Å²) >= 11 is 0. The molecule has 2 nitrogen and oxygen atoms in total. The zero-order valence-corrected chi connectivity index (χ0v) is 13.6. The van der Waals surface area contributed by atoms with Crippen LogP contribution in [0.25, 0.3) is 0 Å². The van der Waals surface area contributed by atoms with Crippen molar-refractivity contribution in [3.05, 3.63) is 35.4 Å². The molecule has 112 valence electrons. The minimum Gasteiger partial charge on any atom is -0.318 e. The van der Waals surface area contributed by atoms with Gasteiger partial charge in [-0.2, -0.15) is 0 Å². The van der Waals surface area contributed by atoms with E-state index < -0.39 is 0 Å². The molecule has 0 aliphatic carbocycles. The van der Waals surface area contributed by atoms with Crippen molar-refractivity contribution in [2.75, 3.05) is 20.1 Å². The smallest absolute Gasteiger partial charge is 0.0237 e. The molecule has 1 unspecified atom stereocenters. The van der Waals surface area contributed by atoms with Gasteiger partial charge in [0.1, 0.15) is 0 Å². The monoisotopic (exact) mass is 274 g/mol. The highest BCUT2D eigenvalue weighted by atomic mass is 15.2. The Balaban J connectivity index is 2.01. The molecule has 0 saturated carbocycles. The zero-order valence-electron chi connectivity index (χ0n) is 13.6. The molecule has 0 radical (unpaired) electrons. The molecule has 1 saturated heterocycles. The van der Waals surface area contributed by atoms with Gasteiger partial charge in [-0.3, -0.25) is 4.90 Å². The summed E-state index contributed by atoms with van der Waals surface area (Å²) in [5.74, 6) is 0. The summed E-state index contributed by atoms with van der Waals surface area (Å²) in [6.45, 7) is 10.3. The van der Waals surface area contributed by atoms with E-state index in [9.17, 15) is 0 Å². The van der Waals surface area contributed by atoms with Crippen LogP contribution in [0.3, 0.4) is 0 Å². The number of hydrogen-bond donors (Lipinski definition) is 1. The minimum atomic E-state index is 0.248. The number of nitrogens with one attached hydrogen (secondary N) is 1. The molecule has 1 aliphatic heterocycles. The fraction of sp³-hybridized carbons (Fsp3) is 0.667. The molecule has 2 rings (SSSR count). The first-order chi connectivity index (χ1) is 9.50. The van der Waals surface area contributed by atoms with Crippen LogP contribution in [0.15, 0.2) is 24.3 Å². The predicted octanol–water partition coefficient (Wildman–Crippen LogP) is 3.56. The molecule has 0 bridgehead atoms. The SMILES string of the molecule is CNCC1CCCCN1Cc1ccc(C(C)(C)C)cc1. The lowest BCUT2D eigenvalue weighted by atomic mass is 9.86. The van der Waals surface area contributed by atoms with Crippen LogP contribution in [0, 0.1) is 0 Å². The van der Waals surface area contributed by atoms with Gasteiger partial charge >= 0.3 is 0 Å². The fourth-order valence-electron chi connectivity index (χ4n) is 3.08. The van der Waals surface area contributed by atoms with E-state index in [4.69, 9.17) is 0 Å². The molecule has 20 heavy (non-hydrogen) atoms. The number of piperidine rings is 1. The normalized spacial score (nSPS) is 21.1. The first kappa shape index (κ1) is 15.5. The van der Waals surface area contributed by atoms with E-state index >= 15 is 0 Å². The summed E-state index contributed by atoms with van der Waals surface area (Å²) < 4.78 is 0. The Bertz CT molecular complexity index is 400. The molecule has 2 heteroatoms. The molecule has 0 aromatic heterocycles. The lowest BCUT2D eigenvalue weighted by Crippen LogP contribution is -2.44. The zero-order chi connectivity index (χ0) is 14.6. The maximum Gasteiger partial charge on any atom is 0.0237 e. The number of likely N-dealkylation sites (N-methyl/N-ethyl adjacent to an activating group) is 1. The third-order valence-electron chi connectivity index (χ3n) is 4.39. The molecule has 1 aliphatic rings. The Morgan fingerprint density at radius 1 is 1.15 bits per heavy atom. The van der Waals surface area contributed by atoms with E-state index in [-0.39, 0.29) is 5.41 Å². The molecule has 1 atom stereocenters. The summed E-state index contributed by atoms with van der Waals surface area (Å²) in [7, 11) is 2.06. The maximum absolute atomic E-state index is 3.34. The van der Waals surface area contributed by atoms with Crippen LogP contribution in [-0.2, 0) is 12.0 Å². The highest BCUT2D eigenvalue weighted by molar-refractivity contribution is 5.27. The van der Waals surface area contributed by atoms with Crippen molar-refractivity contribution >= 4 is 0 Å². The van der Waals surface area contributed by atoms with E-state index in [0.29, 0.717) is 6.04 Å². The van der Waals surface area contributed by atoms with E-state index in [2.05, 4.69) is 62.3 Å². The van der Waals surface area contributed by atoms with Gasteiger partial charge in [-0.05, 0) is 43.0 Å². The van der Waals surface area contributed by atoms with E-state index in [1.165, 1.54) is 36.9 Å². The number of hydrogen-bond acceptors (Lipinski definition) is 2. The largest absolute Gasteiger partial charge is 0.318 e. The van der Waals surface area contributed by atoms with Crippen molar-refractivity contribution in [3.8, 4) is 0 Å². The van der Waals surface area contributed by atoms with Crippen LogP contribution in [0.2, 0.25) is 0 Å². The number of nitrogens with zero attached hydrogens (tertiary/aromatic N) is 1. The lowest BCUT2D eigenvalue weighted by molar-refractivity contribution is 0.139. The van der Waals surface area contributed by atoms with Gasteiger partial charge in [0.2, 0.25) is 0 Å². The van der Waals surface area contributed by atoms with Crippen molar-refractivity contribution in [2.45, 2.75) is 58.0 Å². The molecular formula is C18H30N2. The molecule has 1 N–H and O–H groups in total. The van der Waals surface area contributed by atoms with Gasteiger partial charge in [0.25, 0.3) is 0 Å². The highest BCUT2D eigenvalue weighted by Crippen LogP contribution is 2.24. The number of rotatable bonds is 4. The Kier molecular flexibility index (Phi) is 5.22. The standard InChI is InChI=1S/C18H30N2/c1-18(2,3)16-10-8-15(9-11-16)14-20-12-6-5-7-17(20)13-19-4/h8-11,17,19H,5-7,12-14H2,1-4H3. The third kappa shape index (κ3) is 4.07. The minimum absolute atomic E-state index is 0.248. The van der Waals surface area contributed by atoms with E-state index in [1.807, 2.05) is 0 Å². The van der Waals surface area contributed by atoms with Gasteiger partial charge in [0.05, 0.1) is 0 Å². The molecule has 0 spiro atoms. The number of benzene rings is 1. The second-order valence-corrected chi connectivity index (χ2v) is 7.12. The Morgan fingerprint density at radius 3 is 2.45 bits per heavy atom. The Morgan fingerprint density at radius 2 is 1.85 bits per heavy atom. The van der Waals surface area contributed by atoms with E-state index in [0.717, 1.165) is 13.1 Å². The summed E-state index contributed by atoms with van der Waals surface area (Å²) in [4.78, 5) is 2.64. The van der Waals surface area contributed by atoms with Gasteiger partial charge in [-0.25, -0.2) is 0 Å². The van der Waals surface area contributed by atoms with Crippen LogP contribution in [0.1, 0.15) is 51.2 Å². The van der Waals surface area contributed by atoms with Gasteiger partial charge in [0, 0.05) is 19.1 Å². The Hall–Kier alpha value is -0.860. The van der Waals surface area contributed by atoms with E-state index in [1.54, 1.807) is 0 Å². The second-order valence-electron chi connectivity index (χ2n) is 7.12. The molecular weight excluding hydrogens is 244 g/mol. The Labute approximate surface area is 124 Å². The summed E-state index contributed by atoms with van der Waals surface area (Å²) in [6, 6.07) is 9.92. The molecule has 1 fully saturated rings. The van der Waals surface area contributed by atoms with Gasteiger partial charge in [-0.1, -0.05) is 51.5 Å². The predicted molar refractivity (Wildman–Crippen MR) is 87.1 cm³/mol. The first-order valence-electron chi connectivity index (χ1n) is 7.99. The summed E-state index contributed by atoms with van der Waals surface area (Å²) in [6.07, 6.45) is 4.06. The third-order valence-corrected chi connectivity index (χ3v) is 4.39. The second kappa shape index (κ2) is 6.73. The molecule has 1 aromatic carbocycles. The first-order valence-corrected chi connectivity index (χ1v) is 7.99. The summed E-state index contributed by atoms with van der Waals surface area (Å²) in [5.41, 5.74) is 3.12. The van der Waals surface area contributed by atoms with Crippen LogP contribution >= 0.6 is 0 Å². The van der Waals surface area contributed by atoms with Crippen LogP contribution in [0.5, 0.6) is 0 Å². The highest BCUT2D eigenvalue weighted by Gasteiger charge is 2.21. The topological polar surface area (TPSA) is 15.3 Å². The molecule has 0 amide bonds.